The number of rotatable bonds is 5. The third-order valence-electron chi connectivity index (χ3n) is 3.86. The molecule has 1 saturated heterocycles. The molecule has 0 amide bonds. The van der Waals surface area contributed by atoms with E-state index in [1.165, 1.54) is 0 Å². The van der Waals surface area contributed by atoms with Gasteiger partial charge >= 0.3 is 0 Å². The van der Waals surface area contributed by atoms with Gasteiger partial charge in [-0.1, -0.05) is 25.1 Å². The Morgan fingerprint density at radius 1 is 1.42 bits per heavy atom. The summed E-state index contributed by atoms with van der Waals surface area (Å²) in [4.78, 5) is 6.66. The zero-order valence-electron chi connectivity index (χ0n) is 14.4. The summed E-state index contributed by atoms with van der Waals surface area (Å²) in [5.74, 6) is 1.97. The van der Waals surface area contributed by atoms with Crippen LogP contribution in [0.1, 0.15) is 18.9 Å². The minimum Gasteiger partial charge on any atom is -0.352 e. The van der Waals surface area contributed by atoms with Crippen LogP contribution in [-0.2, 0) is 16.6 Å². The Kier molecular flexibility index (Phi) is 6.79. The molecule has 1 aliphatic rings. The van der Waals surface area contributed by atoms with Gasteiger partial charge in [-0.25, -0.2) is 8.42 Å². The van der Waals surface area contributed by atoms with Gasteiger partial charge in [0.25, 0.3) is 0 Å². The molecule has 2 rings (SSSR count). The number of nitrogens with one attached hydrogen (secondary N) is 2. The molecule has 0 radical (unpaired) electrons. The predicted octanol–water partition coefficient (Wildman–Crippen LogP) is 1.96. The second-order valence-corrected chi connectivity index (χ2v) is 8.94. The second kappa shape index (κ2) is 8.62. The lowest BCUT2D eigenvalue weighted by atomic mass is 10.2. The summed E-state index contributed by atoms with van der Waals surface area (Å²) in [7, 11) is -1.51. The van der Waals surface area contributed by atoms with Gasteiger partial charge in [0.1, 0.15) is 0 Å². The highest BCUT2D eigenvalue weighted by atomic mass is 32.2. The van der Waals surface area contributed by atoms with Crippen LogP contribution in [-0.4, -0.2) is 56.7 Å². The lowest BCUT2D eigenvalue weighted by Gasteiger charge is -2.34. The Balaban J connectivity index is 2.04. The summed E-state index contributed by atoms with van der Waals surface area (Å²) in [6.45, 7) is 4.70. The monoisotopic (exact) mass is 370 g/mol. The number of hydrogen-bond acceptors (Lipinski definition) is 4. The summed E-state index contributed by atoms with van der Waals surface area (Å²) in [5.41, 5.74) is 1.49. The Morgan fingerprint density at radius 2 is 2.17 bits per heavy atom. The van der Waals surface area contributed by atoms with E-state index >= 15 is 0 Å². The van der Waals surface area contributed by atoms with Crippen molar-refractivity contribution in [3.63, 3.8) is 0 Å². The van der Waals surface area contributed by atoms with Crippen molar-refractivity contribution in [2.75, 3.05) is 36.9 Å². The molecule has 0 saturated carbocycles. The lowest BCUT2D eigenvalue weighted by molar-refractivity contribution is 0.408. The van der Waals surface area contributed by atoms with Crippen molar-refractivity contribution >= 4 is 33.4 Å². The maximum Gasteiger partial charge on any atom is 0.229 e. The van der Waals surface area contributed by atoms with Crippen LogP contribution in [0, 0.1) is 0 Å². The van der Waals surface area contributed by atoms with Crippen LogP contribution in [0.15, 0.2) is 29.3 Å². The molecule has 2 N–H and O–H groups in total. The van der Waals surface area contributed by atoms with Crippen molar-refractivity contribution < 1.29 is 8.42 Å². The summed E-state index contributed by atoms with van der Waals surface area (Å²) in [6.07, 6.45) is 2.31. The van der Waals surface area contributed by atoms with Gasteiger partial charge in [-0.05, 0) is 18.1 Å². The van der Waals surface area contributed by atoms with Crippen LogP contribution in [0.3, 0.4) is 0 Å². The molecule has 0 spiro atoms. The van der Waals surface area contributed by atoms with Crippen LogP contribution >= 0.6 is 11.8 Å². The molecule has 1 unspecified atom stereocenters. The third-order valence-corrected chi connectivity index (χ3v) is 5.82. The van der Waals surface area contributed by atoms with Crippen LogP contribution in [0.4, 0.5) is 5.69 Å². The van der Waals surface area contributed by atoms with E-state index < -0.39 is 10.0 Å². The van der Waals surface area contributed by atoms with Gasteiger partial charge in [0.05, 0.1) is 11.9 Å². The fourth-order valence-electron chi connectivity index (χ4n) is 2.64. The number of benzene rings is 1. The van der Waals surface area contributed by atoms with E-state index in [0.29, 0.717) is 17.5 Å². The number of anilines is 1. The standard InChI is InChI=1S/C16H26N4O2S2/c1-4-14-12-20(9-10-23-14)16(17-2)18-11-13-7-5-6-8-15(13)19-24(3,21)22/h5-8,14,19H,4,9-12H2,1-3H3,(H,17,18). The van der Waals surface area contributed by atoms with E-state index in [4.69, 9.17) is 0 Å². The van der Waals surface area contributed by atoms with E-state index in [-0.39, 0.29) is 0 Å². The average Bonchev–Trinajstić information content (AvgIpc) is 2.55. The Labute approximate surface area is 149 Å². The number of hydrogen-bond donors (Lipinski definition) is 2. The van der Waals surface area contributed by atoms with Gasteiger partial charge in [0.15, 0.2) is 5.96 Å². The van der Waals surface area contributed by atoms with Crippen molar-refractivity contribution in [3.8, 4) is 0 Å². The molecule has 134 valence electrons. The van der Waals surface area contributed by atoms with Crippen LogP contribution in [0.2, 0.25) is 0 Å². The van der Waals surface area contributed by atoms with Crippen LogP contribution in [0.5, 0.6) is 0 Å². The highest BCUT2D eigenvalue weighted by Gasteiger charge is 2.21. The highest BCUT2D eigenvalue weighted by Crippen LogP contribution is 2.21. The first-order valence-corrected chi connectivity index (χ1v) is 11.0. The summed E-state index contributed by atoms with van der Waals surface area (Å²) < 4.78 is 25.6. The summed E-state index contributed by atoms with van der Waals surface area (Å²) >= 11 is 2.02. The SMILES string of the molecule is CCC1CN(C(=NC)NCc2ccccc2NS(C)(=O)=O)CCS1. The minimum absolute atomic E-state index is 0.520. The molecular weight excluding hydrogens is 344 g/mol. The topological polar surface area (TPSA) is 73.8 Å². The quantitative estimate of drug-likeness (QED) is 0.612. The van der Waals surface area contributed by atoms with Crippen molar-refractivity contribution in [1.29, 1.82) is 0 Å². The maximum absolute atomic E-state index is 11.5. The normalized spacial score (nSPS) is 19.2. The molecule has 1 aliphatic heterocycles. The molecule has 8 heteroatoms. The molecule has 1 aromatic carbocycles. The number of sulfonamides is 1. The largest absolute Gasteiger partial charge is 0.352 e. The fourth-order valence-corrected chi connectivity index (χ4v) is 4.42. The Hall–Kier alpha value is -1.41. The molecule has 6 nitrogen and oxygen atoms in total. The average molecular weight is 371 g/mol. The molecule has 1 aromatic rings. The van der Waals surface area contributed by atoms with E-state index in [1.807, 2.05) is 30.0 Å². The van der Waals surface area contributed by atoms with E-state index in [2.05, 4.69) is 26.9 Å². The first-order valence-electron chi connectivity index (χ1n) is 8.06. The maximum atomic E-state index is 11.5. The number of guanidine groups is 1. The van der Waals surface area contributed by atoms with Crippen molar-refractivity contribution in [1.82, 2.24) is 10.2 Å². The predicted molar refractivity (Wildman–Crippen MR) is 103 cm³/mol. The number of aliphatic imine (C=N–C) groups is 1. The van der Waals surface area contributed by atoms with Gasteiger partial charge in [-0.3, -0.25) is 9.71 Å². The van der Waals surface area contributed by atoms with E-state index in [0.717, 1.165) is 43.0 Å². The molecule has 0 aromatic heterocycles. The molecule has 1 fully saturated rings. The summed E-state index contributed by atoms with van der Waals surface area (Å²) in [6, 6.07) is 7.40. The second-order valence-electron chi connectivity index (χ2n) is 5.78. The number of nitrogens with zero attached hydrogens (tertiary/aromatic N) is 2. The first kappa shape index (κ1) is 18.9. The summed E-state index contributed by atoms with van der Waals surface area (Å²) in [5, 5.41) is 3.99. The van der Waals surface area contributed by atoms with Gasteiger partial charge in [0.2, 0.25) is 10.0 Å². The molecule has 24 heavy (non-hydrogen) atoms. The van der Waals surface area contributed by atoms with Crippen molar-refractivity contribution in [2.24, 2.45) is 4.99 Å². The lowest BCUT2D eigenvalue weighted by Crippen LogP contribution is -2.47. The van der Waals surface area contributed by atoms with Gasteiger partial charge < -0.3 is 10.2 Å². The van der Waals surface area contributed by atoms with Crippen molar-refractivity contribution in [2.45, 2.75) is 25.1 Å². The third kappa shape index (κ3) is 5.59. The molecule has 0 aliphatic carbocycles. The van der Waals surface area contributed by atoms with Crippen molar-refractivity contribution in [3.05, 3.63) is 29.8 Å². The fraction of sp³-hybridized carbons (Fsp3) is 0.562. The zero-order valence-corrected chi connectivity index (χ0v) is 16.1. The van der Waals surface area contributed by atoms with Gasteiger partial charge in [0, 0.05) is 37.7 Å². The van der Waals surface area contributed by atoms with Crippen LogP contribution in [0.25, 0.3) is 0 Å². The Morgan fingerprint density at radius 3 is 2.83 bits per heavy atom. The highest BCUT2D eigenvalue weighted by molar-refractivity contribution is 8.00. The van der Waals surface area contributed by atoms with Crippen LogP contribution < -0.4 is 10.0 Å². The molecule has 0 bridgehead atoms. The van der Waals surface area contributed by atoms with E-state index in [9.17, 15) is 8.42 Å². The molecule has 1 atom stereocenters. The minimum atomic E-state index is -3.30. The Bertz CT molecular complexity index is 676. The van der Waals surface area contributed by atoms with E-state index in [1.54, 1.807) is 13.1 Å². The zero-order chi connectivity index (χ0) is 17.6. The van der Waals surface area contributed by atoms with Gasteiger partial charge in [-0.2, -0.15) is 11.8 Å². The smallest absolute Gasteiger partial charge is 0.229 e. The first-order chi connectivity index (χ1) is 11.4. The van der Waals surface area contributed by atoms with Gasteiger partial charge in [-0.15, -0.1) is 0 Å². The number of thioether (sulfide) groups is 1. The molecule has 1 heterocycles. The molecular formula is C16H26N4O2S2. The number of para-hydroxylation sites is 1.